The molecule has 0 fully saturated rings. The molecule has 0 heterocycles. The number of carbonyl (C=O) groups excluding carboxylic acids is 1. The number of carboxylic acids is 2. The summed E-state index contributed by atoms with van der Waals surface area (Å²) in [5.74, 6) is -2.87. The largest absolute Gasteiger partial charge is 0.480 e. The van der Waals surface area contributed by atoms with Crippen molar-refractivity contribution in [2.45, 2.75) is 0 Å². The number of aliphatic carboxylic acids is 2. The third-order valence-corrected chi connectivity index (χ3v) is 2.34. The van der Waals surface area contributed by atoms with E-state index in [1.165, 1.54) is 9.80 Å². The number of carboxylic acid groups (broad SMARTS) is 2. The molecule has 0 saturated heterocycles. The van der Waals surface area contributed by atoms with Crippen LogP contribution >= 0.6 is 0 Å². The van der Waals surface area contributed by atoms with E-state index >= 15 is 0 Å². The average Bonchev–Trinajstić information content (AvgIpc) is 2.30. The molecule has 20 heavy (non-hydrogen) atoms. The lowest BCUT2D eigenvalue weighted by Gasteiger charge is -2.24. The van der Waals surface area contributed by atoms with Crippen LogP contribution in [0.2, 0.25) is 0 Å². The van der Waals surface area contributed by atoms with Crippen LogP contribution in [0.4, 0.5) is 0 Å². The maximum absolute atomic E-state index is 10.8. The molecule has 0 aliphatic heterocycles. The zero-order valence-electron chi connectivity index (χ0n) is 10.9. The van der Waals surface area contributed by atoms with Crippen LogP contribution in [0.5, 0.6) is 0 Å². The predicted molar refractivity (Wildman–Crippen MR) is 68.0 cm³/mol. The molecular weight excluding hydrogens is 272 g/mol. The van der Waals surface area contributed by atoms with Crippen LogP contribution < -0.4 is 5.73 Å². The van der Waals surface area contributed by atoms with E-state index in [4.69, 9.17) is 15.9 Å². The molecule has 1 amide bonds. The van der Waals surface area contributed by atoms with Gasteiger partial charge in [0.05, 0.1) is 26.2 Å². The minimum absolute atomic E-state index is 0.0674. The Morgan fingerprint density at radius 3 is 1.85 bits per heavy atom. The highest BCUT2D eigenvalue weighted by atomic mass is 16.4. The van der Waals surface area contributed by atoms with Crippen molar-refractivity contribution in [3.8, 4) is 0 Å². The van der Waals surface area contributed by atoms with Crippen molar-refractivity contribution in [1.82, 2.24) is 9.80 Å². The molecule has 10 nitrogen and oxygen atoms in total. The van der Waals surface area contributed by atoms with Gasteiger partial charge in [-0.3, -0.25) is 24.2 Å². The second kappa shape index (κ2) is 9.81. The third-order valence-electron chi connectivity index (χ3n) is 2.34. The number of primary amides is 1. The van der Waals surface area contributed by atoms with Gasteiger partial charge in [0.2, 0.25) is 5.91 Å². The standard InChI is InChI=1S/C10H18N4O6/c11-8(15)5-14(7-10(18)19)4-3-13(2-1-12-20)6-9(16)17/h1-7H2,(H2,11,15)(H,16,17)(H,18,19). The Balaban J connectivity index is 4.41. The molecule has 0 spiro atoms. The fourth-order valence-electron chi connectivity index (χ4n) is 1.55. The quantitative estimate of drug-likeness (QED) is 0.349. The first-order valence-electron chi connectivity index (χ1n) is 5.81. The SMILES string of the molecule is NC(=O)CN(CCN(CCN=O)CC(=O)O)CC(=O)O. The van der Waals surface area contributed by atoms with Crippen LogP contribution in [0.25, 0.3) is 0 Å². The minimum Gasteiger partial charge on any atom is -0.480 e. The van der Waals surface area contributed by atoms with Crippen molar-refractivity contribution in [3.05, 3.63) is 4.91 Å². The van der Waals surface area contributed by atoms with Crippen molar-refractivity contribution in [1.29, 1.82) is 0 Å². The van der Waals surface area contributed by atoms with Gasteiger partial charge in [-0.1, -0.05) is 5.18 Å². The van der Waals surface area contributed by atoms with Crippen molar-refractivity contribution in [2.75, 3.05) is 45.8 Å². The first-order valence-corrected chi connectivity index (χ1v) is 5.81. The lowest BCUT2D eigenvalue weighted by Crippen LogP contribution is -2.43. The Labute approximate surface area is 115 Å². The zero-order chi connectivity index (χ0) is 15.5. The first kappa shape index (κ1) is 17.9. The van der Waals surface area contributed by atoms with E-state index in [2.05, 4.69) is 5.18 Å². The van der Waals surface area contributed by atoms with Crippen molar-refractivity contribution >= 4 is 17.8 Å². The molecule has 0 aliphatic carbocycles. The van der Waals surface area contributed by atoms with Gasteiger partial charge in [-0.2, -0.15) is 4.91 Å². The van der Waals surface area contributed by atoms with Gasteiger partial charge in [-0.05, 0) is 0 Å². The number of nitrogens with two attached hydrogens (primary N) is 1. The minimum atomic E-state index is -1.12. The maximum atomic E-state index is 10.8. The molecule has 0 aromatic carbocycles. The first-order chi connectivity index (χ1) is 9.35. The number of carbonyl (C=O) groups is 3. The van der Waals surface area contributed by atoms with Gasteiger partial charge in [0.15, 0.2) is 0 Å². The molecule has 0 saturated carbocycles. The van der Waals surface area contributed by atoms with E-state index in [1.807, 2.05) is 0 Å². The number of amides is 1. The summed E-state index contributed by atoms with van der Waals surface area (Å²) in [5, 5.41) is 20.0. The molecule has 0 aliphatic rings. The second-order valence-electron chi connectivity index (χ2n) is 4.09. The molecule has 0 unspecified atom stereocenters. The van der Waals surface area contributed by atoms with E-state index < -0.39 is 17.8 Å². The van der Waals surface area contributed by atoms with Gasteiger partial charge in [0.1, 0.15) is 0 Å². The Kier molecular flexibility index (Phi) is 8.79. The highest BCUT2D eigenvalue weighted by molar-refractivity contribution is 5.77. The number of hydrogen-bond donors (Lipinski definition) is 3. The maximum Gasteiger partial charge on any atom is 0.317 e. The van der Waals surface area contributed by atoms with Crippen LogP contribution in [0.3, 0.4) is 0 Å². The van der Waals surface area contributed by atoms with Crippen LogP contribution in [0.15, 0.2) is 5.18 Å². The molecule has 4 N–H and O–H groups in total. The number of rotatable bonds is 12. The smallest absolute Gasteiger partial charge is 0.317 e. The summed E-state index contributed by atoms with van der Waals surface area (Å²) in [6.45, 7) is -0.513. The van der Waals surface area contributed by atoms with E-state index in [9.17, 15) is 19.3 Å². The summed E-state index contributed by atoms with van der Waals surface area (Å²) in [5.41, 5.74) is 5.00. The molecule has 114 valence electrons. The normalized spacial score (nSPS) is 10.7. The monoisotopic (exact) mass is 290 g/mol. The van der Waals surface area contributed by atoms with Crippen LogP contribution in [-0.2, 0) is 14.4 Å². The summed E-state index contributed by atoms with van der Waals surface area (Å²) < 4.78 is 0. The molecule has 10 heteroatoms. The van der Waals surface area contributed by atoms with Gasteiger partial charge in [-0.25, -0.2) is 0 Å². The Bertz CT molecular complexity index is 346. The highest BCUT2D eigenvalue weighted by Crippen LogP contribution is 1.94. The van der Waals surface area contributed by atoms with E-state index in [0.29, 0.717) is 0 Å². The molecule has 0 atom stereocenters. The fraction of sp³-hybridized carbons (Fsp3) is 0.700. The zero-order valence-corrected chi connectivity index (χ0v) is 10.9. The van der Waals surface area contributed by atoms with E-state index in [-0.39, 0.29) is 45.8 Å². The Hall–Kier alpha value is -2.07. The number of nitrogens with zero attached hydrogens (tertiary/aromatic N) is 3. The predicted octanol–water partition coefficient (Wildman–Crippen LogP) is -1.99. The Morgan fingerprint density at radius 2 is 1.40 bits per heavy atom. The summed E-state index contributed by atoms with van der Waals surface area (Å²) in [6, 6.07) is 0. The van der Waals surface area contributed by atoms with Crippen molar-refractivity contribution in [3.63, 3.8) is 0 Å². The fourth-order valence-corrected chi connectivity index (χ4v) is 1.55. The van der Waals surface area contributed by atoms with Crippen LogP contribution in [0, 0.1) is 4.91 Å². The van der Waals surface area contributed by atoms with Crippen LogP contribution in [0.1, 0.15) is 0 Å². The average molecular weight is 290 g/mol. The number of hydrogen-bond acceptors (Lipinski definition) is 7. The van der Waals surface area contributed by atoms with Crippen molar-refractivity contribution < 1.29 is 24.6 Å². The highest BCUT2D eigenvalue weighted by Gasteiger charge is 2.15. The van der Waals surface area contributed by atoms with E-state index in [0.717, 1.165) is 0 Å². The summed E-state index contributed by atoms with van der Waals surface area (Å²) in [7, 11) is 0. The lowest BCUT2D eigenvalue weighted by molar-refractivity contribution is -0.140. The molecule has 0 aromatic rings. The van der Waals surface area contributed by atoms with Gasteiger partial charge in [0, 0.05) is 19.6 Å². The molecular formula is C10H18N4O6. The molecule has 0 bridgehead atoms. The molecule has 0 rings (SSSR count). The summed E-state index contributed by atoms with van der Waals surface area (Å²) >= 11 is 0. The van der Waals surface area contributed by atoms with E-state index in [1.54, 1.807) is 0 Å². The van der Waals surface area contributed by atoms with Gasteiger partial charge in [-0.15, -0.1) is 0 Å². The topological polar surface area (TPSA) is 154 Å². The van der Waals surface area contributed by atoms with Gasteiger partial charge >= 0.3 is 11.9 Å². The third kappa shape index (κ3) is 9.91. The lowest BCUT2D eigenvalue weighted by atomic mass is 10.3. The molecule has 0 aromatic heterocycles. The number of nitroso groups, excluding NO2 is 1. The van der Waals surface area contributed by atoms with Crippen molar-refractivity contribution in [2.24, 2.45) is 10.9 Å². The molecule has 0 radical (unpaired) electrons. The van der Waals surface area contributed by atoms with Crippen LogP contribution in [-0.4, -0.2) is 83.7 Å². The Morgan fingerprint density at radius 1 is 0.900 bits per heavy atom. The second-order valence-corrected chi connectivity index (χ2v) is 4.09. The van der Waals surface area contributed by atoms with Gasteiger partial charge in [0.25, 0.3) is 0 Å². The summed E-state index contributed by atoms with van der Waals surface area (Å²) in [6.07, 6.45) is 0. The van der Waals surface area contributed by atoms with Gasteiger partial charge < -0.3 is 15.9 Å². The summed E-state index contributed by atoms with van der Waals surface area (Å²) in [4.78, 5) is 44.8.